The fraction of sp³-hybridized carbons (Fsp3) is 0.667. The van der Waals surface area contributed by atoms with Crippen molar-refractivity contribution in [2.75, 3.05) is 0 Å². The summed E-state index contributed by atoms with van der Waals surface area (Å²) >= 11 is 6.06. The van der Waals surface area contributed by atoms with Crippen LogP contribution in [0.4, 0.5) is 0 Å². The lowest BCUT2D eigenvalue weighted by Crippen LogP contribution is -2.04. The first kappa shape index (κ1) is 9.59. The molecule has 0 saturated heterocycles. The first-order valence-corrected chi connectivity index (χ1v) is 4.86. The lowest BCUT2D eigenvalue weighted by molar-refractivity contribution is 0.588. The average molecular weight is 187 g/mol. The van der Waals surface area contributed by atoms with Gasteiger partial charge in [-0.05, 0) is 12.8 Å². The Bertz CT molecular complexity index is 196. The fourth-order valence-corrected chi connectivity index (χ4v) is 1.48. The van der Waals surface area contributed by atoms with Crippen molar-refractivity contribution in [1.29, 1.82) is 0 Å². The molecule has 0 aliphatic carbocycles. The summed E-state index contributed by atoms with van der Waals surface area (Å²) in [7, 11) is 0. The molecule has 1 heterocycles. The number of aryl methyl sites for hydroxylation is 1. The molecular weight excluding hydrogens is 172 g/mol. The Balaban J connectivity index is 2.17. The SMILES string of the molecule is CCCC(Cl)CCn1ccnc1. The van der Waals surface area contributed by atoms with Gasteiger partial charge in [0, 0.05) is 24.3 Å². The number of hydrogen-bond acceptors (Lipinski definition) is 1. The highest BCUT2D eigenvalue weighted by Crippen LogP contribution is 2.10. The van der Waals surface area contributed by atoms with Gasteiger partial charge in [0.1, 0.15) is 0 Å². The van der Waals surface area contributed by atoms with Crippen LogP contribution in [-0.2, 0) is 6.54 Å². The number of rotatable bonds is 5. The van der Waals surface area contributed by atoms with Gasteiger partial charge in [-0.1, -0.05) is 13.3 Å². The van der Waals surface area contributed by atoms with Gasteiger partial charge in [0.2, 0.25) is 0 Å². The zero-order valence-electron chi connectivity index (χ0n) is 7.41. The molecule has 0 spiro atoms. The summed E-state index contributed by atoms with van der Waals surface area (Å²) in [5, 5.41) is 0.317. The maximum absolute atomic E-state index is 6.06. The van der Waals surface area contributed by atoms with E-state index in [0.717, 1.165) is 25.8 Å². The second-order valence-corrected chi connectivity index (χ2v) is 3.59. The van der Waals surface area contributed by atoms with Gasteiger partial charge in [0.15, 0.2) is 0 Å². The quantitative estimate of drug-likeness (QED) is 0.647. The lowest BCUT2D eigenvalue weighted by Gasteiger charge is -2.07. The van der Waals surface area contributed by atoms with E-state index in [2.05, 4.69) is 16.5 Å². The fourth-order valence-electron chi connectivity index (χ4n) is 1.17. The minimum atomic E-state index is 0.317. The third kappa shape index (κ3) is 3.26. The summed E-state index contributed by atoms with van der Waals surface area (Å²) in [6, 6.07) is 0. The summed E-state index contributed by atoms with van der Waals surface area (Å²) in [5.41, 5.74) is 0. The monoisotopic (exact) mass is 186 g/mol. The van der Waals surface area contributed by atoms with Crippen molar-refractivity contribution in [2.24, 2.45) is 0 Å². The number of alkyl halides is 1. The molecule has 0 fully saturated rings. The predicted molar refractivity (Wildman–Crippen MR) is 51.4 cm³/mol. The number of imidazole rings is 1. The van der Waals surface area contributed by atoms with Crippen LogP contribution < -0.4 is 0 Å². The molecule has 1 unspecified atom stereocenters. The van der Waals surface area contributed by atoms with Gasteiger partial charge < -0.3 is 4.57 Å². The van der Waals surface area contributed by atoms with Crippen LogP contribution in [0.5, 0.6) is 0 Å². The van der Waals surface area contributed by atoms with Crippen molar-refractivity contribution in [3.05, 3.63) is 18.7 Å². The van der Waals surface area contributed by atoms with Crippen LogP contribution in [-0.4, -0.2) is 14.9 Å². The average Bonchev–Trinajstić information content (AvgIpc) is 2.53. The molecule has 0 bridgehead atoms. The molecule has 0 aliphatic rings. The zero-order chi connectivity index (χ0) is 8.81. The Kier molecular flexibility index (Phi) is 4.15. The summed E-state index contributed by atoms with van der Waals surface area (Å²) in [6.07, 6.45) is 8.90. The van der Waals surface area contributed by atoms with Gasteiger partial charge in [0.05, 0.1) is 6.33 Å². The van der Waals surface area contributed by atoms with E-state index in [4.69, 9.17) is 11.6 Å². The van der Waals surface area contributed by atoms with Crippen molar-refractivity contribution < 1.29 is 0 Å². The van der Waals surface area contributed by atoms with Crippen LogP contribution in [0.25, 0.3) is 0 Å². The van der Waals surface area contributed by atoms with E-state index in [-0.39, 0.29) is 0 Å². The minimum Gasteiger partial charge on any atom is -0.337 e. The largest absolute Gasteiger partial charge is 0.337 e. The van der Waals surface area contributed by atoms with E-state index in [1.807, 2.05) is 12.5 Å². The molecule has 0 saturated carbocycles. The molecule has 0 aliphatic heterocycles. The molecule has 1 aromatic heterocycles. The van der Waals surface area contributed by atoms with Crippen molar-refractivity contribution in [3.63, 3.8) is 0 Å². The number of halogens is 1. The van der Waals surface area contributed by atoms with Gasteiger partial charge in [-0.25, -0.2) is 4.98 Å². The first-order chi connectivity index (χ1) is 5.83. The molecule has 1 rings (SSSR count). The summed E-state index contributed by atoms with van der Waals surface area (Å²) < 4.78 is 2.06. The summed E-state index contributed by atoms with van der Waals surface area (Å²) in [4.78, 5) is 3.97. The third-order valence-corrected chi connectivity index (χ3v) is 2.30. The lowest BCUT2D eigenvalue weighted by atomic mass is 10.2. The van der Waals surface area contributed by atoms with E-state index in [1.165, 1.54) is 0 Å². The molecule has 1 aromatic rings. The molecule has 0 radical (unpaired) electrons. The van der Waals surface area contributed by atoms with Crippen LogP contribution in [0.3, 0.4) is 0 Å². The molecule has 12 heavy (non-hydrogen) atoms. The van der Waals surface area contributed by atoms with Crippen LogP contribution in [0.2, 0.25) is 0 Å². The van der Waals surface area contributed by atoms with E-state index >= 15 is 0 Å². The highest BCUT2D eigenvalue weighted by molar-refractivity contribution is 6.20. The predicted octanol–water partition coefficient (Wildman–Crippen LogP) is 2.68. The van der Waals surface area contributed by atoms with E-state index in [1.54, 1.807) is 6.20 Å². The zero-order valence-corrected chi connectivity index (χ0v) is 8.17. The highest BCUT2D eigenvalue weighted by Gasteiger charge is 2.02. The van der Waals surface area contributed by atoms with Gasteiger partial charge in [-0.15, -0.1) is 11.6 Å². The van der Waals surface area contributed by atoms with E-state index in [0.29, 0.717) is 5.38 Å². The van der Waals surface area contributed by atoms with Crippen molar-refractivity contribution in [2.45, 2.75) is 38.1 Å². The van der Waals surface area contributed by atoms with Gasteiger partial charge >= 0.3 is 0 Å². The topological polar surface area (TPSA) is 17.8 Å². The van der Waals surface area contributed by atoms with Crippen LogP contribution in [0.15, 0.2) is 18.7 Å². The Morgan fingerprint density at radius 2 is 2.33 bits per heavy atom. The first-order valence-electron chi connectivity index (χ1n) is 4.42. The third-order valence-electron chi connectivity index (χ3n) is 1.86. The van der Waals surface area contributed by atoms with Crippen molar-refractivity contribution in [1.82, 2.24) is 9.55 Å². The Labute approximate surface area is 78.6 Å². The normalized spacial score (nSPS) is 13.2. The van der Waals surface area contributed by atoms with Crippen LogP contribution in [0, 0.1) is 0 Å². The molecule has 2 nitrogen and oxygen atoms in total. The Morgan fingerprint density at radius 1 is 1.50 bits per heavy atom. The number of hydrogen-bond donors (Lipinski definition) is 0. The maximum Gasteiger partial charge on any atom is 0.0945 e. The van der Waals surface area contributed by atoms with Gasteiger partial charge in [0.25, 0.3) is 0 Å². The summed E-state index contributed by atoms with van der Waals surface area (Å²) in [6.45, 7) is 3.14. The molecule has 3 heteroatoms. The second kappa shape index (κ2) is 5.20. The maximum atomic E-state index is 6.06. The highest BCUT2D eigenvalue weighted by atomic mass is 35.5. The Hall–Kier alpha value is -0.500. The van der Waals surface area contributed by atoms with E-state index < -0.39 is 0 Å². The standard InChI is InChI=1S/C9H15ClN2/c1-2-3-9(10)4-6-12-7-5-11-8-12/h5,7-9H,2-4,6H2,1H3. The molecule has 1 atom stereocenters. The van der Waals surface area contributed by atoms with Gasteiger partial charge in [-0.3, -0.25) is 0 Å². The van der Waals surface area contributed by atoms with Crippen molar-refractivity contribution >= 4 is 11.6 Å². The van der Waals surface area contributed by atoms with Crippen LogP contribution >= 0.6 is 11.6 Å². The molecule has 0 amide bonds. The molecule has 0 N–H and O–H groups in total. The van der Waals surface area contributed by atoms with Crippen molar-refractivity contribution in [3.8, 4) is 0 Å². The summed E-state index contributed by atoms with van der Waals surface area (Å²) in [5.74, 6) is 0. The second-order valence-electron chi connectivity index (χ2n) is 2.98. The van der Waals surface area contributed by atoms with Gasteiger partial charge in [-0.2, -0.15) is 0 Å². The van der Waals surface area contributed by atoms with E-state index in [9.17, 15) is 0 Å². The molecule has 68 valence electrons. The molecule has 0 aromatic carbocycles. The Morgan fingerprint density at radius 3 is 2.92 bits per heavy atom. The number of nitrogens with zero attached hydrogens (tertiary/aromatic N) is 2. The smallest absolute Gasteiger partial charge is 0.0945 e. The van der Waals surface area contributed by atoms with Crippen LogP contribution in [0.1, 0.15) is 26.2 Å². The number of aromatic nitrogens is 2. The molecular formula is C9H15ClN2. The minimum absolute atomic E-state index is 0.317.